The first-order valence-electron chi connectivity index (χ1n) is 16.2. The highest BCUT2D eigenvalue weighted by atomic mass is 19.1. The van der Waals surface area contributed by atoms with Crippen molar-refractivity contribution < 1.29 is 18.4 Å². The Bertz CT molecular complexity index is 1730. The van der Waals surface area contributed by atoms with E-state index in [0.29, 0.717) is 55.0 Å². The van der Waals surface area contributed by atoms with Crippen molar-refractivity contribution in [1.29, 1.82) is 0 Å². The number of fused-ring (bicyclic) bond motifs is 2. The van der Waals surface area contributed by atoms with Crippen LogP contribution in [0.15, 0.2) is 36.4 Å². The number of nitrogens with zero attached hydrogens (tertiary/aromatic N) is 4. The van der Waals surface area contributed by atoms with Crippen LogP contribution in [0, 0.1) is 17.6 Å². The monoisotopic (exact) mass is 619 g/mol. The van der Waals surface area contributed by atoms with Crippen molar-refractivity contribution in [3.05, 3.63) is 53.6 Å². The summed E-state index contributed by atoms with van der Waals surface area (Å²) in [5, 5.41) is 0.843. The van der Waals surface area contributed by atoms with Crippen molar-refractivity contribution in [1.82, 2.24) is 24.3 Å². The van der Waals surface area contributed by atoms with Crippen molar-refractivity contribution >= 4 is 33.8 Å². The van der Waals surface area contributed by atoms with Gasteiger partial charge in [-0.15, -0.1) is 0 Å². The Morgan fingerprint density at radius 2 is 1.64 bits per heavy atom. The molecule has 0 spiro atoms. The lowest BCUT2D eigenvalue weighted by Crippen LogP contribution is -2.49. The van der Waals surface area contributed by atoms with Gasteiger partial charge in [-0.25, -0.2) is 13.8 Å². The number of hydrogen-bond acceptors (Lipinski definition) is 5. The zero-order valence-corrected chi connectivity index (χ0v) is 26.2. The minimum absolute atomic E-state index is 0.00887. The Kier molecular flexibility index (Phi) is 8.67. The number of carbonyl (C=O) groups excluding carboxylic acids is 2. The second-order valence-electron chi connectivity index (χ2n) is 13.0. The molecule has 240 valence electrons. The standard InChI is InChI=1S/C34H43F2N7O2/c1-4-26(37)33(44)41-13-5-7-22(41)17-25-24-11-9-20(35)15-27(24)39-31(25)32-40-28-16-21(36)10-12-29(28)43(32)18-23-8-6-14-42(23)34(45)30(38)19(2)3/h9-12,15-16,19,22-23,26,30,39H,4-8,13-14,17-18,37-38H2,1-3H3. The average Bonchev–Trinajstić information content (AvgIpc) is 3.81. The van der Waals surface area contributed by atoms with Gasteiger partial charge in [0.1, 0.15) is 11.6 Å². The van der Waals surface area contributed by atoms with Gasteiger partial charge in [0.15, 0.2) is 5.82 Å². The van der Waals surface area contributed by atoms with Crippen LogP contribution < -0.4 is 11.5 Å². The molecule has 2 aliphatic heterocycles. The number of amides is 2. The maximum Gasteiger partial charge on any atom is 0.240 e. The van der Waals surface area contributed by atoms with Crippen LogP contribution in [-0.2, 0) is 22.6 Å². The second kappa shape index (κ2) is 12.5. The van der Waals surface area contributed by atoms with Gasteiger partial charge in [-0.05, 0) is 80.3 Å². The molecule has 0 bridgehead atoms. The smallest absolute Gasteiger partial charge is 0.240 e. The number of hydrogen-bond donors (Lipinski definition) is 3. The highest BCUT2D eigenvalue weighted by molar-refractivity contribution is 5.92. The lowest BCUT2D eigenvalue weighted by Gasteiger charge is -2.29. The first-order chi connectivity index (χ1) is 21.6. The molecule has 0 radical (unpaired) electrons. The van der Waals surface area contributed by atoms with Crippen LogP contribution >= 0.6 is 0 Å². The second-order valence-corrected chi connectivity index (χ2v) is 13.0. The maximum atomic E-state index is 14.5. The quantitative estimate of drug-likeness (QED) is 0.250. The van der Waals surface area contributed by atoms with E-state index in [-0.39, 0.29) is 35.6 Å². The van der Waals surface area contributed by atoms with Gasteiger partial charge in [0, 0.05) is 48.7 Å². The minimum Gasteiger partial charge on any atom is -0.352 e. The number of benzene rings is 2. The van der Waals surface area contributed by atoms with E-state index >= 15 is 0 Å². The molecule has 0 saturated carbocycles. The van der Waals surface area contributed by atoms with Crippen molar-refractivity contribution in [2.24, 2.45) is 17.4 Å². The Balaban J connectivity index is 1.46. The lowest BCUT2D eigenvalue weighted by molar-refractivity contribution is -0.135. The van der Waals surface area contributed by atoms with Gasteiger partial charge in [0.2, 0.25) is 11.8 Å². The predicted octanol–water partition coefficient (Wildman–Crippen LogP) is 4.71. The number of halogens is 2. The molecule has 2 saturated heterocycles. The maximum absolute atomic E-state index is 14.5. The normalized spacial score (nSPS) is 20.2. The molecule has 2 aromatic heterocycles. The largest absolute Gasteiger partial charge is 0.352 e. The Morgan fingerprint density at radius 1 is 0.978 bits per heavy atom. The van der Waals surface area contributed by atoms with Crippen LogP contribution in [0.2, 0.25) is 0 Å². The fraction of sp³-hybridized carbons (Fsp3) is 0.500. The molecule has 2 fully saturated rings. The van der Waals surface area contributed by atoms with E-state index in [1.54, 1.807) is 12.1 Å². The summed E-state index contributed by atoms with van der Waals surface area (Å²) in [6.45, 7) is 7.51. The summed E-state index contributed by atoms with van der Waals surface area (Å²) in [4.78, 5) is 38.7. The molecule has 4 atom stereocenters. The number of nitrogens with one attached hydrogen (secondary N) is 1. The van der Waals surface area contributed by atoms with Gasteiger partial charge >= 0.3 is 0 Å². The number of aromatic nitrogens is 3. The van der Waals surface area contributed by atoms with E-state index in [4.69, 9.17) is 16.5 Å². The molecule has 2 aliphatic rings. The third-order valence-electron chi connectivity index (χ3n) is 9.72. The van der Waals surface area contributed by atoms with E-state index in [1.165, 1.54) is 24.3 Å². The van der Waals surface area contributed by atoms with Crippen molar-refractivity contribution in [2.75, 3.05) is 13.1 Å². The molecule has 5 N–H and O–H groups in total. The number of H-pyrrole nitrogens is 1. The van der Waals surface area contributed by atoms with Gasteiger partial charge in [0.05, 0.1) is 28.8 Å². The van der Waals surface area contributed by atoms with Crippen LogP contribution in [0.1, 0.15) is 58.4 Å². The van der Waals surface area contributed by atoms with Crippen LogP contribution in [0.4, 0.5) is 8.78 Å². The first-order valence-corrected chi connectivity index (χ1v) is 16.2. The third-order valence-corrected chi connectivity index (χ3v) is 9.72. The summed E-state index contributed by atoms with van der Waals surface area (Å²) >= 11 is 0. The zero-order valence-electron chi connectivity index (χ0n) is 26.2. The summed E-state index contributed by atoms with van der Waals surface area (Å²) < 4.78 is 31.0. The molecule has 4 heterocycles. The molecule has 0 aliphatic carbocycles. The Morgan fingerprint density at radius 3 is 2.36 bits per heavy atom. The van der Waals surface area contributed by atoms with Crippen LogP contribution in [0.5, 0.6) is 0 Å². The van der Waals surface area contributed by atoms with Gasteiger partial charge in [0.25, 0.3) is 0 Å². The van der Waals surface area contributed by atoms with Gasteiger partial charge in [-0.1, -0.05) is 20.8 Å². The van der Waals surface area contributed by atoms with Crippen molar-refractivity contribution in [3.8, 4) is 11.5 Å². The van der Waals surface area contributed by atoms with Crippen LogP contribution in [0.3, 0.4) is 0 Å². The van der Waals surface area contributed by atoms with E-state index in [1.807, 2.05) is 35.1 Å². The third kappa shape index (κ3) is 5.83. The zero-order chi connectivity index (χ0) is 32.0. The predicted molar refractivity (Wildman–Crippen MR) is 171 cm³/mol. The molecule has 4 aromatic rings. The fourth-order valence-corrected chi connectivity index (χ4v) is 7.07. The summed E-state index contributed by atoms with van der Waals surface area (Å²) in [5.41, 5.74) is 15.9. The van der Waals surface area contributed by atoms with E-state index in [9.17, 15) is 18.4 Å². The average molecular weight is 620 g/mol. The van der Waals surface area contributed by atoms with E-state index in [2.05, 4.69) is 4.98 Å². The highest BCUT2D eigenvalue weighted by Gasteiger charge is 2.36. The molecule has 6 rings (SSSR count). The molecular formula is C34H43F2N7O2. The van der Waals surface area contributed by atoms with Crippen molar-refractivity contribution in [2.45, 2.75) is 90.0 Å². The number of carbonyl (C=O) groups is 2. The SMILES string of the molecule is CCC(N)C(=O)N1CCCC1Cc1c(-c2nc3cc(F)ccc3n2CC2CCCN2C(=O)C(N)C(C)C)[nH]c2cc(F)ccc12. The molecule has 11 heteroatoms. The topological polar surface area (TPSA) is 126 Å². The highest BCUT2D eigenvalue weighted by Crippen LogP contribution is 2.36. The number of imidazole rings is 1. The Hall–Kier alpha value is -3.83. The van der Waals surface area contributed by atoms with E-state index in [0.717, 1.165) is 42.1 Å². The molecule has 9 nitrogen and oxygen atoms in total. The summed E-state index contributed by atoms with van der Waals surface area (Å²) in [6.07, 6.45) is 4.45. The van der Waals surface area contributed by atoms with Gasteiger partial charge in [-0.3, -0.25) is 9.59 Å². The molecule has 2 aromatic carbocycles. The van der Waals surface area contributed by atoms with Gasteiger partial charge < -0.3 is 30.8 Å². The lowest BCUT2D eigenvalue weighted by atomic mass is 9.99. The number of aromatic amines is 1. The summed E-state index contributed by atoms with van der Waals surface area (Å²) in [6, 6.07) is 7.86. The summed E-state index contributed by atoms with van der Waals surface area (Å²) in [5.74, 6) is -0.301. The minimum atomic E-state index is -0.591. The number of nitrogens with two attached hydrogens (primary N) is 2. The number of likely N-dealkylation sites (tertiary alicyclic amines) is 2. The molecular weight excluding hydrogens is 576 g/mol. The molecule has 45 heavy (non-hydrogen) atoms. The van der Waals surface area contributed by atoms with Crippen LogP contribution in [0.25, 0.3) is 33.5 Å². The van der Waals surface area contributed by atoms with E-state index < -0.39 is 17.9 Å². The molecule has 2 amide bonds. The molecule has 4 unspecified atom stereocenters. The summed E-state index contributed by atoms with van der Waals surface area (Å²) in [7, 11) is 0. The Labute approximate surface area is 261 Å². The first kappa shape index (κ1) is 31.2. The fourth-order valence-electron chi connectivity index (χ4n) is 7.07. The van der Waals surface area contributed by atoms with Crippen molar-refractivity contribution in [3.63, 3.8) is 0 Å². The van der Waals surface area contributed by atoms with Gasteiger partial charge in [-0.2, -0.15) is 0 Å². The number of rotatable bonds is 9. The van der Waals surface area contributed by atoms with Crippen LogP contribution in [-0.4, -0.2) is 73.4 Å².